The first-order chi connectivity index (χ1) is 8.69. The lowest BCUT2D eigenvalue weighted by atomic mass is 10.1. The summed E-state index contributed by atoms with van der Waals surface area (Å²) < 4.78 is 5.18. The van der Waals surface area contributed by atoms with E-state index in [2.05, 4.69) is 16.8 Å². The average molecular weight is 250 g/mol. The number of hydrogen-bond acceptors (Lipinski definition) is 4. The molecule has 1 saturated heterocycles. The largest absolute Gasteiger partial charge is 0.497 e. The number of hydrogen-bond donors (Lipinski definition) is 1. The van der Waals surface area contributed by atoms with Crippen LogP contribution in [0, 0.1) is 0 Å². The Morgan fingerprint density at radius 1 is 1.28 bits per heavy atom. The molecule has 0 bridgehead atoms. The van der Waals surface area contributed by atoms with E-state index < -0.39 is 6.10 Å². The highest BCUT2D eigenvalue weighted by Gasteiger charge is 2.18. The first-order valence-electron chi connectivity index (χ1n) is 6.42. The molecular formula is C14H22N2O2. The first kappa shape index (κ1) is 13.3. The van der Waals surface area contributed by atoms with Gasteiger partial charge in [-0.3, -0.25) is 4.90 Å². The Labute approximate surface area is 109 Å². The second-order valence-corrected chi connectivity index (χ2v) is 4.90. The van der Waals surface area contributed by atoms with E-state index in [1.54, 1.807) is 7.11 Å². The number of rotatable bonds is 4. The highest BCUT2D eigenvalue weighted by molar-refractivity contribution is 5.29. The Balaban J connectivity index is 1.92. The molecule has 18 heavy (non-hydrogen) atoms. The van der Waals surface area contributed by atoms with E-state index >= 15 is 0 Å². The third-order valence-corrected chi connectivity index (χ3v) is 3.51. The van der Waals surface area contributed by atoms with Crippen LogP contribution in [0.25, 0.3) is 0 Å². The number of ether oxygens (including phenoxy) is 1. The number of aliphatic hydroxyl groups excluding tert-OH is 1. The minimum atomic E-state index is -0.441. The normalized spacial score (nSPS) is 19.7. The van der Waals surface area contributed by atoms with Gasteiger partial charge in [0.05, 0.1) is 13.2 Å². The van der Waals surface area contributed by atoms with Gasteiger partial charge >= 0.3 is 0 Å². The number of piperazine rings is 1. The molecule has 0 aliphatic carbocycles. The maximum Gasteiger partial charge on any atom is 0.119 e. The molecule has 1 heterocycles. The molecule has 0 unspecified atom stereocenters. The van der Waals surface area contributed by atoms with Crippen molar-refractivity contribution < 1.29 is 9.84 Å². The molecule has 2 rings (SSSR count). The van der Waals surface area contributed by atoms with E-state index in [4.69, 9.17) is 4.74 Å². The van der Waals surface area contributed by atoms with Gasteiger partial charge in [0, 0.05) is 32.7 Å². The van der Waals surface area contributed by atoms with Gasteiger partial charge in [0.1, 0.15) is 5.75 Å². The fourth-order valence-electron chi connectivity index (χ4n) is 2.23. The molecule has 4 nitrogen and oxygen atoms in total. The summed E-state index contributed by atoms with van der Waals surface area (Å²) in [5.74, 6) is 0.796. The SMILES string of the molecule is COc1cccc([C@@H](O)CN2CCN(C)CC2)c1. The van der Waals surface area contributed by atoms with Gasteiger partial charge in [-0.05, 0) is 24.7 Å². The summed E-state index contributed by atoms with van der Waals surface area (Å²) in [5.41, 5.74) is 0.924. The standard InChI is InChI=1S/C14H22N2O2/c1-15-6-8-16(9-7-15)11-14(17)12-4-3-5-13(10-12)18-2/h3-5,10,14,17H,6-9,11H2,1-2H3/t14-/m0/s1. The molecule has 0 spiro atoms. The van der Waals surface area contributed by atoms with Crippen molar-refractivity contribution in [3.05, 3.63) is 29.8 Å². The van der Waals surface area contributed by atoms with Crippen molar-refractivity contribution >= 4 is 0 Å². The van der Waals surface area contributed by atoms with Gasteiger partial charge in [0.25, 0.3) is 0 Å². The van der Waals surface area contributed by atoms with E-state index in [1.807, 2.05) is 24.3 Å². The third-order valence-electron chi connectivity index (χ3n) is 3.51. The number of β-amino-alcohol motifs (C(OH)–C–C–N with tert-alkyl or cyclic N) is 1. The maximum atomic E-state index is 10.2. The van der Waals surface area contributed by atoms with Crippen LogP contribution in [-0.4, -0.2) is 61.8 Å². The van der Waals surface area contributed by atoms with E-state index in [1.165, 1.54) is 0 Å². The van der Waals surface area contributed by atoms with E-state index in [0.717, 1.165) is 37.5 Å². The van der Waals surface area contributed by atoms with Crippen LogP contribution in [0.5, 0.6) is 5.75 Å². The van der Waals surface area contributed by atoms with Crippen LogP contribution < -0.4 is 4.74 Å². The molecule has 0 radical (unpaired) electrons. The molecule has 4 heteroatoms. The number of likely N-dealkylation sites (N-methyl/N-ethyl adjacent to an activating group) is 1. The zero-order valence-electron chi connectivity index (χ0n) is 11.2. The van der Waals surface area contributed by atoms with Crippen molar-refractivity contribution in [2.75, 3.05) is 46.9 Å². The number of benzene rings is 1. The Morgan fingerprint density at radius 2 is 2.00 bits per heavy atom. The molecule has 1 atom stereocenters. The second kappa shape index (κ2) is 6.18. The lowest BCUT2D eigenvalue weighted by Crippen LogP contribution is -2.45. The molecule has 0 saturated carbocycles. The minimum absolute atomic E-state index is 0.441. The molecule has 1 aromatic rings. The van der Waals surface area contributed by atoms with Crippen molar-refractivity contribution in [1.29, 1.82) is 0 Å². The minimum Gasteiger partial charge on any atom is -0.497 e. The summed E-state index contributed by atoms with van der Waals surface area (Å²) in [6, 6.07) is 7.66. The molecule has 100 valence electrons. The van der Waals surface area contributed by atoms with Crippen molar-refractivity contribution in [1.82, 2.24) is 9.80 Å². The van der Waals surface area contributed by atoms with Crippen LogP contribution >= 0.6 is 0 Å². The lowest BCUT2D eigenvalue weighted by molar-refractivity contribution is 0.0804. The monoisotopic (exact) mass is 250 g/mol. The van der Waals surface area contributed by atoms with Gasteiger partial charge < -0.3 is 14.7 Å². The summed E-state index contributed by atoms with van der Waals surface area (Å²) in [6.07, 6.45) is -0.441. The zero-order chi connectivity index (χ0) is 13.0. The summed E-state index contributed by atoms with van der Waals surface area (Å²) >= 11 is 0. The Hall–Kier alpha value is -1.10. The fourth-order valence-corrected chi connectivity index (χ4v) is 2.23. The van der Waals surface area contributed by atoms with Crippen LogP contribution in [0.3, 0.4) is 0 Å². The van der Waals surface area contributed by atoms with Crippen molar-refractivity contribution in [2.24, 2.45) is 0 Å². The summed E-state index contributed by atoms with van der Waals surface area (Å²) in [7, 11) is 3.78. The van der Waals surface area contributed by atoms with Crippen LogP contribution in [0.4, 0.5) is 0 Å². The van der Waals surface area contributed by atoms with Crippen molar-refractivity contribution in [3.8, 4) is 5.75 Å². The smallest absolute Gasteiger partial charge is 0.119 e. The summed E-state index contributed by atoms with van der Waals surface area (Å²) in [4.78, 5) is 4.62. The molecule has 0 amide bonds. The summed E-state index contributed by atoms with van der Waals surface area (Å²) in [6.45, 7) is 4.89. The topological polar surface area (TPSA) is 35.9 Å². The van der Waals surface area contributed by atoms with Crippen molar-refractivity contribution in [3.63, 3.8) is 0 Å². The van der Waals surface area contributed by atoms with Crippen LogP contribution in [0.15, 0.2) is 24.3 Å². The molecule has 1 aliphatic heterocycles. The van der Waals surface area contributed by atoms with Gasteiger partial charge in [-0.15, -0.1) is 0 Å². The van der Waals surface area contributed by atoms with Gasteiger partial charge in [-0.25, -0.2) is 0 Å². The number of methoxy groups -OCH3 is 1. The maximum absolute atomic E-state index is 10.2. The van der Waals surface area contributed by atoms with E-state index in [0.29, 0.717) is 6.54 Å². The van der Waals surface area contributed by atoms with E-state index in [-0.39, 0.29) is 0 Å². The molecule has 1 aliphatic rings. The average Bonchev–Trinajstić information content (AvgIpc) is 2.41. The lowest BCUT2D eigenvalue weighted by Gasteiger charge is -2.33. The Morgan fingerprint density at radius 3 is 2.67 bits per heavy atom. The fraction of sp³-hybridized carbons (Fsp3) is 0.571. The van der Waals surface area contributed by atoms with Crippen LogP contribution in [0.1, 0.15) is 11.7 Å². The van der Waals surface area contributed by atoms with Gasteiger partial charge in [-0.2, -0.15) is 0 Å². The van der Waals surface area contributed by atoms with Crippen molar-refractivity contribution in [2.45, 2.75) is 6.10 Å². The molecule has 1 N–H and O–H groups in total. The molecule has 0 aromatic heterocycles. The highest BCUT2D eigenvalue weighted by Crippen LogP contribution is 2.20. The highest BCUT2D eigenvalue weighted by atomic mass is 16.5. The van der Waals surface area contributed by atoms with Gasteiger partial charge in [0.2, 0.25) is 0 Å². The van der Waals surface area contributed by atoms with Crippen LogP contribution in [0.2, 0.25) is 0 Å². The second-order valence-electron chi connectivity index (χ2n) is 4.90. The summed E-state index contributed by atoms with van der Waals surface area (Å²) in [5, 5.41) is 10.2. The Bertz CT molecular complexity index is 376. The van der Waals surface area contributed by atoms with Gasteiger partial charge in [0.15, 0.2) is 0 Å². The number of nitrogens with zero attached hydrogens (tertiary/aromatic N) is 2. The first-order valence-corrected chi connectivity index (χ1v) is 6.42. The number of aliphatic hydroxyl groups is 1. The third kappa shape index (κ3) is 3.45. The zero-order valence-corrected chi connectivity index (χ0v) is 11.2. The molecule has 1 aromatic carbocycles. The van der Waals surface area contributed by atoms with Gasteiger partial charge in [-0.1, -0.05) is 12.1 Å². The Kier molecular flexibility index (Phi) is 4.58. The quantitative estimate of drug-likeness (QED) is 0.864. The predicted octanol–water partition coefficient (Wildman–Crippen LogP) is 0.976. The van der Waals surface area contributed by atoms with Crippen LogP contribution in [-0.2, 0) is 0 Å². The van der Waals surface area contributed by atoms with E-state index in [9.17, 15) is 5.11 Å². The molecular weight excluding hydrogens is 228 g/mol. The molecule has 1 fully saturated rings. The predicted molar refractivity (Wildman–Crippen MR) is 71.9 cm³/mol.